The van der Waals surface area contributed by atoms with E-state index in [0.29, 0.717) is 0 Å². The first-order chi connectivity index (χ1) is 17.2. The maximum Gasteiger partial charge on any atom is 0.407 e. The number of hydrogen-bond donors (Lipinski definition) is 3. The molecule has 1 amide bonds. The zero-order valence-corrected chi connectivity index (χ0v) is 20.5. The summed E-state index contributed by atoms with van der Waals surface area (Å²) in [7, 11) is 1.21. The Bertz CT molecular complexity index is 1310. The van der Waals surface area contributed by atoms with E-state index >= 15 is 0 Å². The molecule has 3 N–H and O–H groups in total. The molecule has 0 saturated heterocycles. The summed E-state index contributed by atoms with van der Waals surface area (Å²) in [6.07, 6.45) is -1.44. The molecule has 0 bridgehead atoms. The summed E-state index contributed by atoms with van der Waals surface area (Å²) in [6.45, 7) is -0.0220. The molecule has 10 nitrogen and oxygen atoms in total. The number of halogens is 1. The van der Waals surface area contributed by atoms with Crippen molar-refractivity contribution in [1.82, 2.24) is 5.32 Å². The Balaban J connectivity index is 1.51. The number of carboxylic acids is 1. The smallest absolute Gasteiger partial charge is 0.407 e. The van der Waals surface area contributed by atoms with Crippen molar-refractivity contribution in [3.8, 4) is 22.6 Å². The van der Waals surface area contributed by atoms with Gasteiger partial charge in [0.15, 0.2) is 11.5 Å². The zero-order chi connectivity index (χ0) is 26.0. The number of fused-ring (bicyclic) bond motifs is 3. The molecule has 3 aromatic carbocycles. The van der Waals surface area contributed by atoms with Crippen molar-refractivity contribution in [2.24, 2.45) is 0 Å². The Kier molecular flexibility index (Phi) is 7.11. The minimum atomic E-state index is -1.55. The molecule has 0 aromatic heterocycles. The minimum Gasteiger partial charge on any atom is -0.504 e. The van der Waals surface area contributed by atoms with Gasteiger partial charge in [0.1, 0.15) is 17.1 Å². The number of phenols is 1. The first-order valence-corrected chi connectivity index (χ1v) is 11.6. The van der Waals surface area contributed by atoms with Gasteiger partial charge in [-0.3, -0.25) is 10.1 Å². The van der Waals surface area contributed by atoms with Gasteiger partial charge in [0, 0.05) is 17.9 Å². The van der Waals surface area contributed by atoms with E-state index in [9.17, 15) is 29.9 Å². The summed E-state index contributed by atoms with van der Waals surface area (Å²) in [4.78, 5) is 35.1. The van der Waals surface area contributed by atoms with Crippen LogP contribution in [0.25, 0.3) is 11.1 Å². The van der Waals surface area contributed by atoms with E-state index in [1.54, 1.807) is 0 Å². The first-order valence-electron chi connectivity index (χ1n) is 10.8. The number of nitro benzene ring substituents is 1. The van der Waals surface area contributed by atoms with E-state index in [1.165, 1.54) is 7.11 Å². The zero-order valence-electron chi connectivity index (χ0n) is 18.9. The lowest BCUT2D eigenvalue weighted by molar-refractivity contribution is -0.385. The lowest BCUT2D eigenvalue weighted by Crippen LogP contribution is -2.43. The molecule has 36 heavy (non-hydrogen) atoms. The van der Waals surface area contributed by atoms with Crippen LogP contribution in [-0.2, 0) is 16.0 Å². The van der Waals surface area contributed by atoms with E-state index in [0.717, 1.165) is 28.3 Å². The number of aliphatic carboxylic acids is 1. The fourth-order valence-corrected chi connectivity index (χ4v) is 4.93. The molecular formula is C25H21BrN2O8. The van der Waals surface area contributed by atoms with Crippen LogP contribution in [0, 0.1) is 10.1 Å². The van der Waals surface area contributed by atoms with E-state index in [2.05, 4.69) is 21.2 Å². The lowest BCUT2D eigenvalue weighted by Gasteiger charge is -2.19. The summed E-state index contributed by atoms with van der Waals surface area (Å²) in [5.41, 5.74) is 3.56. The number of carbonyl (C=O) groups excluding carboxylic acids is 1. The van der Waals surface area contributed by atoms with Gasteiger partial charge in [-0.05, 0) is 38.2 Å². The molecule has 1 aliphatic rings. The average molecular weight is 557 g/mol. The van der Waals surface area contributed by atoms with Gasteiger partial charge in [-0.15, -0.1) is 0 Å². The van der Waals surface area contributed by atoms with Crippen LogP contribution in [0.4, 0.5) is 10.5 Å². The number of phenolic OH excluding ortho intramolecular Hbond substituents is 1. The fraction of sp³-hybridized carbons (Fsp3) is 0.200. The molecule has 0 spiro atoms. The van der Waals surface area contributed by atoms with Crippen LogP contribution in [0.15, 0.2) is 59.1 Å². The number of nitrogens with one attached hydrogen (secondary N) is 1. The average Bonchev–Trinajstić information content (AvgIpc) is 3.18. The van der Waals surface area contributed by atoms with E-state index in [-0.39, 0.29) is 28.3 Å². The summed E-state index contributed by atoms with van der Waals surface area (Å²) >= 11 is 3.05. The molecule has 1 aliphatic carbocycles. The van der Waals surface area contributed by atoms with Gasteiger partial charge in [0.25, 0.3) is 5.69 Å². The van der Waals surface area contributed by atoms with Gasteiger partial charge in [-0.1, -0.05) is 48.5 Å². The van der Waals surface area contributed by atoms with Crippen LogP contribution < -0.4 is 10.1 Å². The van der Waals surface area contributed by atoms with Gasteiger partial charge in [0.2, 0.25) is 0 Å². The molecule has 1 unspecified atom stereocenters. The van der Waals surface area contributed by atoms with Crippen molar-refractivity contribution in [2.75, 3.05) is 13.7 Å². The van der Waals surface area contributed by atoms with E-state index in [4.69, 9.17) is 9.47 Å². The predicted octanol–water partition coefficient (Wildman–Crippen LogP) is 4.61. The molecule has 0 fully saturated rings. The highest BCUT2D eigenvalue weighted by molar-refractivity contribution is 9.10. The van der Waals surface area contributed by atoms with Crippen molar-refractivity contribution in [2.45, 2.75) is 18.4 Å². The number of ether oxygens (including phenoxy) is 2. The van der Waals surface area contributed by atoms with Crippen LogP contribution >= 0.6 is 15.9 Å². The standard InChI is InChI=1S/C25H21BrN2O8/c1-35-21-11-20(28(33)34)22(26)17(23(21)29)10-19(24(30)31)27-25(32)36-12-18-15-8-4-2-6-13(15)14-7-3-5-9-16(14)18/h2-9,11,18-19,29H,10,12H2,1H3,(H,27,32)(H,30,31). The number of nitro groups is 1. The highest BCUT2D eigenvalue weighted by Crippen LogP contribution is 2.45. The molecule has 11 heteroatoms. The fourth-order valence-electron chi connectivity index (χ4n) is 4.32. The molecule has 1 atom stereocenters. The Hall–Kier alpha value is -4.12. The van der Waals surface area contributed by atoms with Gasteiger partial charge in [-0.25, -0.2) is 9.59 Å². The monoisotopic (exact) mass is 556 g/mol. The maximum absolute atomic E-state index is 12.6. The van der Waals surface area contributed by atoms with Crippen LogP contribution in [-0.4, -0.2) is 47.0 Å². The Labute approximate surface area is 213 Å². The second-order valence-corrected chi connectivity index (χ2v) is 8.85. The van der Waals surface area contributed by atoms with Crippen molar-refractivity contribution in [3.05, 3.63) is 85.9 Å². The van der Waals surface area contributed by atoms with Crippen molar-refractivity contribution in [3.63, 3.8) is 0 Å². The number of hydrogen-bond acceptors (Lipinski definition) is 7. The summed E-state index contributed by atoms with van der Waals surface area (Å²) in [5.74, 6) is -2.31. The highest BCUT2D eigenvalue weighted by Gasteiger charge is 2.31. The van der Waals surface area contributed by atoms with Gasteiger partial charge < -0.3 is 25.0 Å². The topological polar surface area (TPSA) is 148 Å². The van der Waals surface area contributed by atoms with Crippen LogP contribution in [0.2, 0.25) is 0 Å². The number of aromatic hydroxyl groups is 1. The second kappa shape index (κ2) is 10.2. The van der Waals surface area contributed by atoms with Gasteiger partial charge in [-0.2, -0.15) is 0 Å². The van der Waals surface area contributed by atoms with Crippen LogP contribution in [0.1, 0.15) is 22.6 Å². The summed E-state index contributed by atoms with van der Waals surface area (Å²) in [5, 5.41) is 33.8. The number of rotatable bonds is 8. The predicted molar refractivity (Wildman–Crippen MR) is 132 cm³/mol. The number of carbonyl (C=O) groups is 2. The number of alkyl carbamates (subject to hydrolysis) is 1. The first kappa shape index (κ1) is 25.0. The van der Waals surface area contributed by atoms with Gasteiger partial charge in [0.05, 0.1) is 18.1 Å². The van der Waals surface area contributed by atoms with Crippen LogP contribution in [0.3, 0.4) is 0 Å². The molecule has 0 heterocycles. The number of benzene rings is 3. The van der Waals surface area contributed by atoms with Crippen LogP contribution in [0.5, 0.6) is 11.5 Å². The minimum absolute atomic E-state index is 0.0220. The third-order valence-corrected chi connectivity index (χ3v) is 6.92. The molecule has 0 saturated carbocycles. The number of methoxy groups -OCH3 is 1. The maximum atomic E-state index is 12.6. The number of carboxylic acid groups (broad SMARTS) is 1. The Morgan fingerprint density at radius 3 is 2.25 bits per heavy atom. The number of nitrogens with zero attached hydrogens (tertiary/aromatic N) is 1. The Morgan fingerprint density at radius 1 is 1.14 bits per heavy atom. The highest BCUT2D eigenvalue weighted by atomic mass is 79.9. The summed E-state index contributed by atoms with van der Waals surface area (Å²) < 4.78 is 10.3. The molecule has 186 valence electrons. The second-order valence-electron chi connectivity index (χ2n) is 8.06. The lowest BCUT2D eigenvalue weighted by atomic mass is 9.98. The van der Waals surface area contributed by atoms with Crippen molar-refractivity contribution >= 4 is 33.7 Å². The third kappa shape index (κ3) is 4.69. The quantitative estimate of drug-likeness (QED) is 0.269. The van der Waals surface area contributed by atoms with Gasteiger partial charge >= 0.3 is 12.1 Å². The molecular weight excluding hydrogens is 536 g/mol. The summed E-state index contributed by atoms with van der Waals surface area (Å²) in [6, 6.07) is 15.0. The SMILES string of the molecule is COc1cc([N+](=O)[O-])c(Br)c(CC(NC(=O)OCC2c3ccccc3-c3ccccc32)C(=O)O)c1O. The molecule has 0 aliphatic heterocycles. The van der Waals surface area contributed by atoms with Crippen molar-refractivity contribution in [1.29, 1.82) is 0 Å². The Morgan fingerprint density at radius 2 is 1.72 bits per heavy atom. The largest absolute Gasteiger partial charge is 0.504 e. The molecule has 0 radical (unpaired) electrons. The van der Waals surface area contributed by atoms with Crippen molar-refractivity contribution < 1.29 is 34.2 Å². The normalized spacial score (nSPS) is 12.8. The molecule has 4 rings (SSSR count). The number of amides is 1. The van der Waals surface area contributed by atoms with E-state index in [1.807, 2.05) is 48.5 Å². The van der Waals surface area contributed by atoms with E-state index < -0.39 is 40.9 Å². The molecule has 3 aromatic rings. The third-order valence-electron chi connectivity index (χ3n) is 6.04.